The Bertz CT molecular complexity index is 348. The predicted octanol–water partition coefficient (Wildman–Crippen LogP) is 2.26. The lowest BCUT2D eigenvalue weighted by atomic mass is 10.0. The Hall–Kier alpha value is -0.940. The van der Waals surface area contributed by atoms with Crippen molar-refractivity contribution in [2.45, 2.75) is 52.1 Å². The molecule has 5 heteroatoms. The average Bonchev–Trinajstić information content (AvgIpc) is 2.85. The fourth-order valence-corrected chi connectivity index (χ4v) is 1.76. The Morgan fingerprint density at radius 1 is 1.44 bits per heavy atom. The summed E-state index contributed by atoms with van der Waals surface area (Å²) in [5, 5.41) is 4.02. The number of hydrogen-bond acceptors (Lipinski definition) is 5. The number of nitrogens with two attached hydrogens (primary N) is 1. The van der Waals surface area contributed by atoms with E-state index < -0.39 is 5.60 Å². The van der Waals surface area contributed by atoms with E-state index in [9.17, 15) is 0 Å². The summed E-state index contributed by atoms with van der Waals surface area (Å²) in [6, 6.07) is 0. The summed E-state index contributed by atoms with van der Waals surface area (Å²) >= 11 is 0. The molecule has 5 nitrogen and oxygen atoms in total. The van der Waals surface area contributed by atoms with Crippen molar-refractivity contribution in [2.24, 2.45) is 11.7 Å². The highest BCUT2D eigenvalue weighted by Crippen LogP contribution is 2.25. The first-order valence-electron chi connectivity index (χ1n) is 6.64. The number of nitrogens with zero attached hydrogens (tertiary/aromatic N) is 2. The number of ether oxygens (including phenoxy) is 1. The van der Waals surface area contributed by atoms with E-state index in [4.69, 9.17) is 15.0 Å². The molecule has 0 saturated heterocycles. The van der Waals surface area contributed by atoms with E-state index in [1.165, 1.54) is 0 Å². The van der Waals surface area contributed by atoms with E-state index in [-0.39, 0.29) is 0 Å². The fraction of sp³-hybridized carbons (Fsp3) is 0.846. The van der Waals surface area contributed by atoms with Gasteiger partial charge in [-0.15, -0.1) is 0 Å². The van der Waals surface area contributed by atoms with Crippen molar-refractivity contribution in [3.8, 4) is 0 Å². The van der Waals surface area contributed by atoms with Crippen molar-refractivity contribution in [3.63, 3.8) is 0 Å². The molecule has 104 valence electrons. The zero-order valence-corrected chi connectivity index (χ0v) is 11.9. The summed E-state index contributed by atoms with van der Waals surface area (Å²) < 4.78 is 10.7. The number of aromatic nitrogens is 2. The summed E-state index contributed by atoms with van der Waals surface area (Å²) in [6.45, 7) is 6.94. The third-order valence-electron chi connectivity index (χ3n) is 3.58. The molecule has 1 aromatic heterocycles. The molecule has 0 aliphatic carbocycles. The zero-order chi connectivity index (χ0) is 13.6. The molecule has 0 saturated carbocycles. The standard InChI is InChI=1S/C13H25N3O2/c1-5-13(3,17-4)12-15-11(18-16-12)7-6-10(2)8-9-14/h10H,5-9,14H2,1-4H3. The lowest BCUT2D eigenvalue weighted by Crippen LogP contribution is -2.24. The minimum atomic E-state index is -0.454. The smallest absolute Gasteiger partial charge is 0.226 e. The monoisotopic (exact) mass is 255 g/mol. The van der Waals surface area contributed by atoms with Gasteiger partial charge in [0.2, 0.25) is 11.7 Å². The van der Waals surface area contributed by atoms with Crippen molar-refractivity contribution in [3.05, 3.63) is 11.7 Å². The molecule has 1 aromatic rings. The highest BCUT2D eigenvalue weighted by Gasteiger charge is 2.29. The normalized spacial score (nSPS) is 16.5. The summed E-state index contributed by atoms with van der Waals surface area (Å²) in [6.07, 6.45) is 3.67. The van der Waals surface area contributed by atoms with E-state index >= 15 is 0 Å². The molecular weight excluding hydrogens is 230 g/mol. The van der Waals surface area contributed by atoms with E-state index in [2.05, 4.69) is 17.1 Å². The molecule has 0 fully saturated rings. The van der Waals surface area contributed by atoms with Gasteiger partial charge >= 0.3 is 0 Å². The Morgan fingerprint density at radius 2 is 2.17 bits per heavy atom. The molecule has 2 unspecified atom stereocenters. The van der Waals surface area contributed by atoms with Crippen molar-refractivity contribution < 1.29 is 9.26 Å². The molecule has 0 spiro atoms. The van der Waals surface area contributed by atoms with Crippen LogP contribution in [0.3, 0.4) is 0 Å². The Morgan fingerprint density at radius 3 is 2.72 bits per heavy atom. The van der Waals surface area contributed by atoms with Gasteiger partial charge in [-0.25, -0.2) is 0 Å². The molecule has 0 aromatic carbocycles. The fourth-order valence-electron chi connectivity index (χ4n) is 1.76. The van der Waals surface area contributed by atoms with Gasteiger partial charge in [-0.2, -0.15) is 4.98 Å². The van der Waals surface area contributed by atoms with Gasteiger partial charge in [0.15, 0.2) is 0 Å². The zero-order valence-electron chi connectivity index (χ0n) is 11.9. The van der Waals surface area contributed by atoms with Gasteiger partial charge in [-0.3, -0.25) is 0 Å². The lowest BCUT2D eigenvalue weighted by molar-refractivity contribution is -0.0106. The van der Waals surface area contributed by atoms with Crippen LogP contribution in [0.1, 0.15) is 51.7 Å². The Balaban J connectivity index is 2.58. The van der Waals surface area contributed by atoms with E-state index in [1.807, 2.05) is 13.8 Å². The number of methoxy groups -OCH3 is 1. The van der Waals surface area contributed by atoms with Crippen LogP contribution >= 0.6 is 0 Å². The highest BCUT2D eigenvalue weighted by molar-refractivity contribution is 4.99. The van der Waals surface area contributed by atoms with Gasteiger partial charge < -0.3 is 15.0 Å². The van der Waals surface area contributed by atoms with Gasteiger partial charge in [0.25, 0.3) is 0 Å². The largest absolute Gasteiger partial charge is 0.370 e. The molecule has 0 amide bonds. The van der Waals surface area contributed by atoms with Crippen LogP contribution in [0.25, 0.3) is 0 Å². The summed E-state index contributed by atoms with van der Waals surface area (Å²) in [5.74, 6) is 1.91. The maximum Gasteiger partial charge on any atom is 0.226 e. The molecule has 0 aliphatic heterocycles. The number of rotatable bonds is 8. The second-order valence-electron chi connectivity index (χ2n) is 5.02. The Kier molecular flexibility index (Phi) is 5.75. The van der Waals surface area contributed by atoms with Gasteiger partial charge in [0, 0.05) is 13.5 Å². The minimum Gasteiger partial charge on any atom is -0.370 e. The minimum absolute atomic E-state index is 0.454. The summed E-state index contributed by atoms with van der Waals surface area (Å²) in [5.41, 5.74) is 5.07. The second-order valence-corrected chi connectivity index (χ2v) is 5.02. The van der Waals surface area contributed by atoms with Crippen LogP contribution in [0.2, 0.25) is 0 Å². The molecule has 1 rings (SSSR count). The average molecular weight is 255 g/mol. The van der Waals surface area contributed by atoms with Gasteiger partial charge in [-0.1, -0.05) is 19.0 Å². The van der Waals surface area contributed by atoms with E-state index in [0.29, 0.717) is 17.6 Å². The molecule has 18 heavy (non-hydrogen) atoms. The van der Waals surface area contributed by atoms with Crippen molar-refractivity contribution >= 4 is 0 Å². The lowest BCUT2D eigenvalue weighted by Gasteiger charge is -2.21. The molecule has 2 N–H and O–H groups in total. The third-order valence-corrected chi connectivity index (χ3v) is 3.58. The number of aryl methyl sites for hydroxylation is 1. The maximum atomic E-state index is 5.53. The van der Waals surface area contributed by atoms with E-state index in [1.54, 1.807) is 7.11 Å². The van der Waals surface area contributed by atoms with Gasteiger partial charge in [-0.05, 0) is 38.6 Å². The molecule has 2 atom stereocenters. The highest BCUT2D eigenvalue weighted by atomic mass is 16.5. The van der Waals surface area contributed by atoms with Crippen LogP contribution < -0.4 is 5.73 Å². The van der Waals surface area contributed by atoms with E-state index in [0.717, 1.165) is 32.2 Å². The quantitative estimate of drug-likeness (QED) is 0.771. The van der Waals surface area contributed by atoms with Crippen LogP contribution in [0.4, 0.5) is 0 Å². The molecule has 1 heterocycles. The summed E-state index contributed by atoms with van der Waals surface area (Å²) in [4.78, 5) is 4.42. The van der Waals surface area contributed by atoms with Crippen LogP contribution in [-0.2, 0) is 16.8 Å². The Labute approximate surface area is 109 Å². The first-order chi connectivity index (χ1) is 8.55. The third kappa shape index (κ3) is 3.78. The topological polar surface area (TPSA) is 74.2 Å². The predicted molar refractivity (Wildman–Crippen MR) is 70.1 cm³/mol. The molecule has 0 aliphatic rings. The molecule has 0 bridgehead atoms. The van der Waals surface area contributed by atoms with Crippen LogP contribution in [0.15, 0.2) is 4.52 Å². The van der Waals surface area contributed by atoms with Gasteiger partial charge in [0.1, 0.15) is 5.60 Å². The summed E-state index contributed by atoms with van der Waals surface area (Å²) in [7, 11) is 1.67. The first-order valence-corrected chi connectivity index (χ1v) is 6.64. The maximum absolute atomic E-state index is 5.53. The second kappa shape index (κ2) is 6.85. The SMILES string of the molecule is CCC(C)(OC)c1noc(CCC(C)CCN)n1. The number of hydrogen-bond donors (Lipinski definition) is 1. The van der Waals surface area contributed by atoms with Crippen LogP contribution in [-0.4, -0.2) is 23.8 Å². The van der Waals surface area contributed by atoms with Gasteiger partial charge in [0.05, 0.1) is 0 Å². The van der Waals surface area contributed by atoms with Crippen LogP contribution in [0.5, 0.6) is 0 Å². The first kappa shape index (κ1) is 15.1. The van der Waals surface area contributed by atoms with Crippen molar-refractivity contribution in [1.82, 2.24) is 10.1 Å². The molecular formula is C13H25N3O2. The van der Waals surface area contributed by atoms with Crippen molar-refractivity contribution in [1.29, 1.82) is 0 Å². The van der Waals surface area contributed by atoms with Crippen molar-refractivity contribution in [2.75, 3.05) is 13.7 Å². The van der Waals surface area contributed by atoms with Crippen LogP contribution in [0, 0.1) is 5.92 Å². The molecule has 0 radical (unpaired) electrons.